The fourth-order valence-electron chi connectivity index (χ4n) is 2.37. The van der Waals surface area contributed by atoms with Gasteiger partial charge in [0.15, 0.2) is 0 Å². The Labute approximate surface area is 112 Å². The number of hydrogen-bond donors (Lipinski definition) is 2. The summed E-state index contributed by atoms with van der Waals surface area (Å²) in [4.78, 5) is 0. The highest BCUT2D eigenvalue weighted by atomic mass is 14.8. The Morgan fingerprint density at radius 3 is 2.44 bits per heavy atom. The van der Waals surface area contributed by atoms with Gasteiger partial charge >= 0.3 is 0 Å². The molecule has 2 rings (SSSR count). The van der Waals surface area contributed by atoms with Gasteiger partial charge in [0.1, 0.15) is 0 Å². The highest BCUT2D eigenvalue weighted by molar-refractivity contribution is 5.34. The first kappa shape index (κ1) is 15.2. The molecule has 1 aromatic rings. The second-order valence-electron chi connectivity index (χ2n) is 4.92. The largest absolute Gasteiger partial charge is 0.330 e. The van der Waals surface area contributed by atoms with Crippen LogP contribution in [0.4, 0.5) is 0 Å². The molecule has 0 amide bonds. The third-order valence-corrected chi connectivity index (χ3v) is 3.40. The van der Waals surface area contributed by atoms with Crippen molar-refractivity contribution in [2.24, 2.45) is 5.73 Å². The lowest BCUT2D eigenvalue weighted by Gasteiger charge is -2.06. The average molecular weight is 248 g/mol. The third kappa shape index (κ3) is 4.79. The van der Waals surface area contributed by atoms with Crippen LogP contribution in [0.25, 0.3) is 0 Å². The number of aryl methyl sites for hydroxylation is 1. The number of nitrogens with one attached hydrogen (secondary N) is 1. The van der Waals surface area contributed by atoms with E-state index < -0.39 is 0 Å². The van der Waals surface area contributed by atoms with Gasteiger partial charge in [-0.25, -0.2) is 0 Å². The molecular formula is C16H28N2. The third-order valence-electron chi connectivity index (χ3n) is 3.40. The van der Waals surface area contributed by atoms with Crippen LogP contribution in [0.5, 0.6) is 0 Å². The van der Waals surface area contributed by atoms with E-state index in [4.69, 9.17) is 5.73 Å². The van der Waals surface area contributed by atoms with E-state index in [1.807, 2.05) is 0 Å². The summed E-state index contributed by atoms with van der Waals surface area (Å²) in [6.07, 6.45) is 4.97. The maximum atomic E-state index is 5.65. The fourth-order valence-corrected chi connectivity index (χ4v) is 2.37. The van der Waals surface area contributed by atoms with E-state index in [0.29, 0.717) is 5.92 Å². The van der Waals surface area contributed by atoms with Crippen molar-refractivity contribution in [3.63, 3.8) is 0 Å². The molecule has 0 bridgehead atoms. The maximum Gasteiger partial charge on any atom is -0.000802 e. The van der Waals surface area contributed by atoms with E-state index in [9.17, 15) is 0 Å². The van der Waals surface area contributed by atoms with E-state index in [0.717, 1.165) is 6.54 Å². The monoisotopic (exact) mass is 248 g/mol. The summed E-state index contributed by atoms with van der Waals surface area (Å²) in [7, 11) is 0. The summed E-state index contributed by atoms with van der Waals surface area (Å²) in [5, 5.41) is 3.28. The minimum atomic E-state index is 0.631. The van der Waals surface area contributed by atoms with Gasteiger partial charge in [-0.2, -0.15) is 0 Å². The summed E-state index contributed by atoms with van der Waals surface area (Å²) >= 11 is 0. The summed E-state index contributed by atoms with van der Waals surface area (Å²) in [6, 6.07) is 8.63. The van der Waals surface area contributed by atoms with E-state index >= 15 is 0 Å². The van der Waals surface area contributed by atoms with Gasteiger partial charge in [-0.05, 0) is 62.4 Å². The molecule has 0 radical (unpaired) electrons. The fraction of sp³-hybridized carbons (Fsp3) is 0.625. The van der Waals surface area contributed by atoms with Crippen LogP contribution < -0.4 is 11.1 Å². The summed E-state index contributed by atoms with van der Waals surface area (Å²) < 4.78 is 0. The zero-order valence-corrected chi connectivity index (χ0v) is 11.9. The zero-order chi connectivity index (χ0) is 13.2. The lowest BCUT2D eigenvalue weighted by Crippen LogP contribution is -2.14. The van der Waals surface area contributed by atoms with Crippen LogP contribution in [-0.2, 0) is 6.42 Å². The molecule has 2 heteroatoms. The molecule has 3 N–H and O–H groups in total. The molecule has 0 heterocycles. The predicted molar refractivity (Wildman–Crippen MR) is 80.0 cm³/mol. The summed E-state index contributed by atoms with van der Waals surface area (Å²) in [6.45, 7) is 7.52. The molecule has 102 valence electrons. The summed E-state index contributed by atoms with van der Waals surface area (Å²) in [5.74, 6) is 0.631. The Hall–Kier alpha value is -0.860. The Balaban J connectivity index is 0.000000203. The van der Waals surface area contributed by atoms with Gasteiger partial charge in [0.25, 0.3) is 0 Å². The molecule has 1 unspecified atom stereocenters. The van der Waals surface area contributed by atoms with Crippen LogP contribution in [0.3, 0.4) is 0 Å². The van der Waals surface area contributed by atoms with Gasteiger partial charge in [-0.1, -0.05) is 38.1 Å². The highest BCUT2D eigenvalue weighted by Gasteiger charge is 2.19. The lowest BCUT2D eigenvalue weighted by molar-refractivity contribution is 0.662. The Morgan fingerprint density at radius 1 is 1.17 bits per heavy atom. The molecule has 18 heavy (non-hydrogen) atoms. The molecule has 1 aliphatic rings. The van der Waals surface area contributed by atoms with Gasteiger partial charge in [0, 0.05) is 0 Å². The quantitative estimate of drug-likeness (QED) is 0.786. The van der Waals surface area contributed by atoms with Crippen molar-refractivity contribution in [1.82, 2.24) is 5.32 Å². The SMILES string of the molecule is CCCNCCC.NCC1CCc2ccccc21. The molecule has 0 spiro atoms. The van der Waals surface area contributed by atoms with Crippen LogP contribution >= 0.6 is 0 Å². The van der Waals surface area contributed by atoms with Crippen LogP contribution in [0.2, 0.25) is 0 Å². The topological polar surface area (TPSA) is 38.0 Å². The second kappa shape index (κ2) is 9.12. The minimum Gasteiger partial charge on any atom is -0.330 e. The number of fused-ring (bicyclic) bond motifs is 1. The second-order valence-corrected chi connectivity index (χ2v) is 4.92. The van der Waals surface area contributed by atoms with Crippen molar-refractivity contribution in [3.8, 4) is 0 Å². The van der Waals surface area contributed by atoms with Gasteiger partial charge < -0.3 is 11.1 Å². The Morgan fingerprint density at radius 2 is 1.83 bits per heavy atom. The Bertz CT molecular complexity index is 319. The van der Waals surface area contributed by atoms with E-state index in [-0.39, 0.29) is 0 Å². The predicted octanol–water partition coefficient (Wildman–Crippen LogP) is 3.07. The maximum absolute atomic E-state index is 5.65. The van der Waals surface area contributed by atoms with Gasteiger partial charge in [-0.3, -0.25) is 0 Å². The van der Waals surface area contributed by atoms with Crippen LogP contribution in [-0.4, -0.2) is 19.6 Å². The van der Waals surface area contributed by atoms with Crippen LogP contribution in [0.15, 0.2) is 24.3 Å². The smallest absolute Gasteiger partial charge is 0.000802 e. The van der Waals surface area contributed by atoms with Crippen molar-refractivity contribution in [3.05, 3.63) is 35.4 Å². The van der Waals surface area contributed by atoms with E-state index in [1.54, 1.807) is 0 Å². The van der Waals surface area contributed by atoms with Crippen molar-refractivity contribution < 1.29 is 0 Å². The minimum absolute atomic E-state index is 0.631. The highest BCUT2D eigenvalue weighted by Crippen LogP contribution is 2.31. The molecule has 1 atom stereocenters. The van der Waals surface area contributed by atoms with Crippen molar-refractivity contribution in [2.75, 3.05) is 19.6 Å². The molecule has 0 saturated carbocycles. The molecule has 0 aromatic heterocycles. The van der Waals surface area contributed by atoms with Crippen LogP contribution in [0, 0.1) is 0 Å². The number of hydrogen-bond acceptors (Lipinski definition) is 2. The Kier molecular flexibility index (Phi) is 7.70. The lowest BCUT2D eigenvalue weighted by atomic mass is 10.0. The van der Waals surface area contributed by atoms with Gasteiger partial charge in [-0.15, -0.1) is 0 Å². The first-order chi connectivity index (χ1) is 8.83. The van der Waals surface area contributed by atoms with Crippen LogP contribution in [0.1, 0.15) is 50.2 Å². The van der Waals surface area contributed by atoms with Crippen molar-refractivity contribution >= 4 is 0 Å². The van der Waals surface area contributed by atoms with Gasteiger partial charge in [0.05, 0.1) is 0 Å². The molecule has 0 fully saturated rings. The molecule has 2 nitrogen and oxygen atoms in total. The molecule has 1 aromatic carbocycles. The molecule has 0 saturated heterocycles. The average Bonchev–Trinajstić information content (AvgIpc) is 2.83. The molecule has 1 aliphatic carbocycles. The zero-order valence-electron chi connectivity index (χ0n) is 11.9. The number of rotatable bonds is 5. The summed E-state index contributed by atoms with van der Waals surface area (Å²) in [5.41, 5.74) is 8.63. The number of nitrogens with two attached hydrogens (primary N) is 1. The molecule has 0 aliphatic heterocycles. The van der Waals surface area contributed by atoms with Crippen molar-refractivity contribution in [1.29, 1.82) is 0 Å². The number of benzene rings is 1. The first-order valence-electron chi connectivity index (χ1n) is 7.32. The van der Waals surface area contributed by atoms with E-state index in [1.165, 1.54) is 49.9 Å². The van der Waals surface area contributed by atoms with Gasteiger partial charge in [0.2, 0.25) is 0 Å². The standard InChI is InChI=1S/C10H13N.C6H15N/c11-7-9-6-5-8-3-1-2-4-10(8)9;1-3-5-7-6-4-2/h1-4,9H,5-7,11H2;7H,3-6H2,1-2H3. The van der Waals surface area contributed by atoms with Crippen molar-refractivity contribution in [2.45, 2.75) is 45.4 Å². The normalized spacial score (nSPS) is 16.9. The molecular weight excluding hydrogens is 220 g/mol. The van der Waals surface area contributed by atoms with E-state index in [2.05, 4.69) is 43.4 Å². The first-order valence-corrected chi connectivity index (χ1v) is 7.32.